The fraction of sp³-hybridized carbons (Fsp3) is 0.421. The van der Waals surface area contributed by atoms with Gasteiger partial charge in [-0.15, -0.1) is 0 Å². The molecule has 0 atom stereocenters. The number of rotatable bonds is 4. The SMILES string of the molecule is Cc1c(C=C2SC(=S)N(CC(=O)O)C2=O)c(N2CCCCC2)n(C)c(=O)c1C#N. The van der Waals surface area contributed by atoms with Crippen molar-refractivity contribution in [2.24, 2.45) is 7.05 Å². The van der Waals surface area contributed by atoms with Gasteiger partial charge in [0.1, 0.15) is 28.3 Å². The van der Waals surface area contributed by atoms with Gasteiger partial charge in [-0.2, -0.15) is 5.26 Å². The molecule has 0 aromatic carbocycles. The van der Waals surface area contributed by atoms with E-state index in [2.05, 4.69) is 4.90 Å². The van der Waals surface area contributed by atoms with Gasteiger partial charge >= 0.3 is 5.97 Å². The summed E-state index contributed by atoms with van der Waals surface area (Å²) in [4.78, 5) is 39.8. The zero-order valence-electron chi connectivity index (χ0n) is 16.1. The monoisotopic (exact) mass is 432 g/mol. The van der Waals surface area contributed by atoms with E-state index < -0.39 is 18.4 Å². The Bertz CT molecular complexity index is 1030. The molecule has 1 amide bonds. The molecule has 0 radical (unpaired) electrons. The molecule has 1 aromatic heterocycles. The summed E-state index contributed by atoms with van der Waals surface area (Å²) in [6.45, 7) is 2.74. The number of hydrogen-bond donors (Lipinski definition) is 1. The maximum absolute atomic E-state index is 12.7. The fourth-order valence-corrected chi connectivity index (χ4v) is 4.84. The first-order chi connectivity index (χ1) is 13.8. The van der Waals surface area contributed by atoms with E-state index in [4.69, 9.17) is 17.3 Å². The Kier molecular flexibility index (Phi) is 6.10. The summed E-state index contributed by atoms with van der Waals surface area (Å²) in [6, 6.07) is 1.97. The van der Waals surface area contributed by atoms with Crippen molar-refractivity contribution in [3.05, 3.63) is 31.9 Å². The smallest absolute Gasteiger partial charge is 0.323 e. The van der Waals surface area contributed by atoms with E-state index in [1.54, 1.807) is 20.0 Å². The lowest BCUT2D eigenvalue weighted by atomic mass is 10.0. The third-order valence-corrected chi connectivity index (χ3v) is 6.44. The highest BCUT2D eigenvalue weighted by molar-refractivity contribution is 8.26. The molecule has 3 heterocycles. The molecule has 1 aromatic rings. The van der Waals surface area contributed by atoms with E-state index in [0.29, 0.717) is 16.9 Å². The fourth-order valence-electron chi connectivity index (χ4n) is 3.60. The Labute approximate surface area is 177 Å². The van der Waals surface area contributed by atoms with E-state index in [9.17, 15) is 19.6 Å². The Balaban J connectivity index is 2.17. The molecule has 1 N–H and O–H groups in total. The normalized spacial score (nSPS) is 18.4. The lowest BCUT2D eigenvalue weighted by molar-refractivity contribution is -0.140. The molecule has 2 aliphatic heterocycles. The van der Waals surface area contributed by atoms with Crippen LogP contribution in [0.5, 0.6) is 0 Å². The molecular formula is C19H20N4O4S2. The predicted molar refractivity (Wildman–Crippen MR) is 115 cm³/mol. The zero-order chi connectivity index (χ0) is 21.3. The minimum Gasteiger partial charge on any atom is -0.480 e. The molecule has 10 heteroatoms. The van der Waals surface area contributed by atoms with Crippen LogP contribution in [-0.4, -0.2) is 50.4 Å². The van der Waals surface area contributed by atoms with Crippen molar-refractivity contribution < 1.29 is 14.7 Å². The van der Waals surface area contributed by atoms with Crippen LogP contribution in [-0.2, 0) is 16.6 Å². The minimum atomic E-state index is -1.15. The number of carboxylic acids is 1. The number of aromatic nitrogens is 1. The van der Waals surface area contributed by atoms with Gasteiger partial charge in [-0.05, 0) is 37.8 Å². The molecule has 29 heavy (non-hydrogen) atoms. The van der Waals surface area contributed by atoms with Crippen LogP contribution in [0, 0.1) is 18.3 Å². The number of thiocarbonyl (C=S) groups is 1. The van der Waals surface area contributed by atoms with E-state index in [-0.39, 0.29) is 20.3 Å². The van der Waals surface area contributed by atoms with Gasteiger partial charge in [-0.25, -0.2) is 0 Å². The summed E-state index contributed by atoms with van der Waals surface area (Å²) in [5.74, 6) is -0.977. The maximum Gasteiger partial charge on any atom is 0.323 e. The van der Waals surface area contributed by atoms with Gasteiger partial charge in [0, 0.05) is 25.7 Å². The largest absolute Gasteiger partial charge is 0.480 e. The first kappa shape index (κ1) is 21.1. The molecular weight excluding hydrogens is 412 g/mol. The summed E-state index contributed by atoms with van der Waals surface area (Å²) in [7, 11) is 1.62. The van der Waals surface area contributed by atoms with E-state index >= 15 is 0 Å². The maximum atomic E-state index is 12.7. The van der Waals surface area contributed by atoms with Gasteiger partial charge in [0.05, 0.1) is 4.91 Å². The molecule has 0 spiro atoms. The lowest BCUT2D eigenvalue weighted by Crippen LogP contribution is -2.36. The standard InChI is InChI=1S/C19H20N4O4S2/c1-11-12(8-14-18(27)23(10-15(24)25)19(28)29-14)16(22-6-4-3-5-7-22)21(2)17(26)13(11)9-20/h8H,3-7,10H2,1-2H3,(H,24,25). The zero-order valence-corrected chi connectivity index (χ0v) is 17.7. The van der Waals surface area contributed by atoms with Crippen molar-refractivity contribution in [2.75, 3.05) is 24.5 Å². The van der Waals surface area contributed by atoms with Crippen LogP contribution >= 0.6 is 24.0 Å². The minimum absolute atomic E-state index is 0.0283. The van der Waals surface area contributed by atoms with E-state index in [0.717, 1.165) is 49.0 Å². The summed E-state index contributed by atoms with van der Waals surface area (Å²) >= 11 is 6.18. The molecule has 0 bridgehead atoms. The molecule has 0 unspecified atom stereocenters. The summed E-state index contributed by atoms with van der Waals surface area (Å²) < 4.78 is 1.63. The number of amides is 1. The second kappa shape index (κ2) is 8.39. The molecule has 2 aliphatic rings. The van der Waals surface area contributed by atoms with Crippen LogP contribution in [0.25, 0.3) is 6.08 Å². The average molecular weight is 433 g/mol. The molecule has 0 aliphatic carbocycles. The number of piperidine rings is 1. The van der Waals surface area contributed by atoms with Crippen molar-refractivity contribution in [3.63, 3.8) is 0 Å². The molecule has 152 valence electrons. The van der Waals surface area contributed by atoms with E-state index in [1.807, 2.05) is 6.07 Å². The number of anilines is 1. The topological polar surface area (TPSA) is 107 Å². The van der Waals surface area contributed by atoms with Crippen LogP contribution < -0.4 is 10.5 Å². The third kappa shape index (κ3) is 3.93. The summed E-state index contributed by atoms with van der Waals surface area (Å²) in [5.41, 5.74) is 0.766. The first-order valence-corrected chi connectivity index (χ1v) is 10.3. The summed E-state index contributed by atoms with van der Waals surface area (Å²) in [6.07, 6.45) is 4.73. The van der Waals surface area contributed by atoms with Crippen LogP contribution in [0.15, 0.2) is 9.70 Å². The predicted octanol–water partition coefficient (Wildman–Crippen LogP) is 1.84. The Morgan fingerprint density at radius 3 is 2.55 bits per heavy atom. The van der Waals surface area contributed by atoms with Gasteiger partial charge in [-0.3, -0.25) is 23.9 Å². The third-order valence-electron chi connectivity index (χ3n) is 5.07. The molecule has 2 saturated heterocycles. The number of aliphatic carboxylic acids is 1. The highest BCUT2D eigenvalue weighted by atomic mass is 32.2. The number of carbonyl (C=O) groups excluding carboxylic acids is 1. The van der Waals surface area contributed by atoms with Crippen molar-refractivity contribution >= 4 is 52.1 Å². The number of carbonyl (C=O) groups is 2. The lowest BCUT2D eigenvalue weighted by Gasteiger charge is -2.32. The van der Waals surface area contributed by atoms with Gasteiger partial charge in [0.2, 0.25) is 0 Å². The molecule has 8 nitrogen and oxygen atoms in total. The van der Waals surface area contributed by atoms with Crippen LogP contribution in [0.1, 0.15) is 36.0 Å². The van der Waals surface area contributed by atoms with Crippen LogP contribution in [0.3, 0.4) is 0 Å². The van der Waals surface area contributed by atoms with Crippen molar-refractivity contribution in [2.45, 2.75) is 26.2 Å². The Morgan fingerprint density at radius 1 is 1.31 bits per heavy atom. The van der Waals surface area contributed by atoms with Gasteiger partial charge in [-0.1, -0.05) is 24.0 Å². The van der Waals surface area contributed by atoms with Crippen LogP contribution in [0.4, 0.5) is 5.82 Å². The molecule has 3 rings (SSSR count). The number of nitriles is 1. The van der Waals surface area contributed by atoms with Crippen LogP contribution in [0.2, 0.25) is 0 Å². The highest BCUT2D eigenvalue weighted by Gasteiger charge is 2.34. The molecule has 2 fully saturated rings. The number of nitrogens with zero attached hydrogens (tertiary/aromatic N) is 4. The number of pyridine rings is 1. The van der Waals surface area contributed by atoms with Gasteiger partial charge < -0.3 is 10.0 Å². The van der Waals surface area contributed by atoms with Gasteiger partial charge in [0.15, 0.2) is 0 Å². The second-order valence-electron chi connectivity index (χ2n) is 6.92. The number of thioether (sulfide) groups is 1. The van der Waals surface area contributed by atoms with Crippen molar-refractivity contribution in [1.29, 1.82) is 5.26 Å². The number of hydrogen-bond acceptors (Lipinski definition) is 7. The van der Waals surface area contributed by atoms with Crippen molar-refractivity contribution in [1.82, 2.24) is 9.47 Å². The Morgan fingerprint density at radius 2 is 1.97 bits per heavy atom. The quantitative estimate of drug-likeness (QED) is 0.567. The number of carboxylic acid groups (broad SMARTS) is 1. The Hall–Kier alpha value is -2.64. The highest BCUT2D eigenvalue weighted by Crippen LogP contribution is 2.36. The summed E-state index contributed by atoms with van der Waals surface area (Å²) in [5, 5.41) is 18.5. The van der Waals surface area contributed by atoms with Gasteiger partial charge in [0.25, 0.3) is 11.5 Å². The van der Waals surface area contributed by atoms with E-state index in [1.165, 1.54) is 4.57 Å². The molecule has 0 saturated carbocycles. The average Bonchev–Trinajstić information content (AvgIpc) is 2.94. The van der Waals surface area contributed by atoms with Crippen molar-refractivity contribution in [3.8, 4) is 6.07 Å². The first-order valence-electron chi connectivity index (χ1n) is 9.12. The second-order valence-corrected chi connectivity index (χ2v) is 8.60.